The normalized spacial score (nSPS) is 18.7. The maximum Gasteiger partial charge on any atom is 0.236 e. The monoisotopic (exact) mass is 227 g/mol. The summed E-state index contributed by atoms with van der Waals surface area (Å²) >= 11 is 0. The molecule has 1 heterocycles. The van der Waals surface area contributed by atoms with E-state index in [1.165, 1.54) is 0 Å². The van der Waals surface area contributed by atoms with Gasteiger partial charge >= 0.3 is 0 Å². The molecule has 0 atom stereocenters. The molecule has 1 saturated heterocycles. The summed E-state index contributed by atoms with van der Waals surface area (Å²) in [5, 5.41) is 3.36. The lowest BCUT2D eigenvalue weighted by molar-refractivity contribution is -0.128. The topological polar surface area (TPSA) is 35.6 Å². The lowest BCUT2D eigenvalue weighted by atomic mass is 10.1. The van der Waals surface area contributed by atoms with Gasteiger partial charge in [-0.25, -0.2) is 0 Å². The van der Waals surface area contributed by atoms with Crippen LogP contribution in [0.15, 0.2) is 0 Å². The number of hydrogen-bond donors (Lipinski definition) is 1. The number of piperidine rings is 1. The maximum absolute atomic E-state index is 11.6. The Labute approximate surface area is 99.0 Å². The number of rotatable bonds is 5. The van der Waals surface area contributed by atoms with Gasteiger partial charge in [0.1, 0.15) is 0 Å². The van der Waals surface area contributed by atoms with Crippen LogP contribution in [0.2, 0.25) is 0 Å². The van der Waals surface area contributed by atoms with Gasteiger partial charge in [0.2, 0.25) is 5.91 Å². The van der Waals surface area contributed by atoms with Crippen LogP contribution in [0.3, 0.4) is 0 Å². The first-order valence-corrected chi connectivity index (χ1v) is 6.37. The largest absolute Gasteiger partial charge is 0.345 e. The molecule has 0 aliphatic carbocycles. The summed E-state index contributed by atoms with van der Waals surface area (Å²) in [6, 6.07) is 0.525. The lowest BCUT2D eigenvalue weighted by Crippen LogP contribution is -2.45. The third kappa shape index (κ3) is 4.10. The van der Waals surface area contributed by atoms with Gasteiger partial charge in [-0.05, 0) is 39.4 Å². The van der Waals surface area contributed by atoms with E-state index in [1.54, 1.807) is 4.90 Å². The van der Waals surface area contributed by atoms with Gasteiger partial charge in [0.25, 0.3) is 0 Å². The number of amides is 1. The summed E-state index contributed by atoms with van der Waals surface area (Å²) in [4.78, 5) is 15.8. The van der Waals surface area contributed by atoms with Gasteiger partial charge in [-0.15, -0.1) is 0 Å². The zero-order valence-electron chi connectivity index (χ0n) is 10.8. The van der Waals surface area contributed by atoms with Gasteiger partial charge in [-0.2, -0.15) is 0 Å². The molecule has 1 aliphatic rings. The quantitative estimate of drug-likeness (QED) is 0.744. The van der Waals surface area contributed by atoms with Crippen molar-refractivity contribution in [1.29, 1.82) is 0 Å². The average molecular weight is 227 g/mol. The van der Waals surface area contributed by atoms with Gasteiger partial charge in [0.15, 0.2) is 0 Å². The van der Waals surface area contributed by atoms with Crippen molar-refractivity contribution in [3.05, 3.63) is 0 Å². The van der Waals surface area contributed by atoms with E-state index in [0.717, 1.165) is 39.0 Å². The molecule has 0 bridgehead atoms. The zero-order chi connectivity index (χ0) is 12.0. The fourth-order valence-corrected chi connectivity index (χ4v) is 2.00. The van der Waals surface area contributed by atoms with Crippen molar-refractivity contribution in [1.82, 2.24) is 15.1 Å². The van der Waals surface area contributed by atoms with Gasteiger partial charge < -0.3 is 15.1 Å². The van der Waals surface area contributed by atoms with Crippen molar-refractivity contribution >= 4 is 5.91 Å². The smallest absolute Gasteiger partial charge is 0.236 e. The Morgan fingerprint density at radius 3 is 2.50 bits per heavy atom. The van der Waals surface area contributed by atoms with E-state index < -0.39 is 0 Å². The summed E-state index contributed by atoms with van der Waals surface area (Å²) in [6.07, 6.45) is 2.33. The first kappa shape index (κ1) is 13.5. The molecule has 1 rings (SSSR count). The average Bonchev–Trinajstić information content (AvgIpc) is 2.35. The minimum atomic E-state index is 0.195. The Hall–Kier alpha value is -0.610. The molecule has 0 aromatic heterocycles. The zero-order valence-corrected chi connectivity index (χ0v) is 10.8. The minimum absolute atomic E-state index is 0.195. The van der Waals surface area contributed by atoms with E-state index in [0.29, 0.717) is 12.6 Å². The van der Waals surface area contributed by atoms with E-state index >= 15 is 0 Å². The van der Waals surface area contributed by atoms with Gasteiger partial charge in [-0.1, -0.05) is 6.92 Å². The van der Waals surface area contributed by atoms with E-state index in [-0.39, 0.29) is 5.91 Å². The standard InChI is InChI=1S/C12H25N3O/c1-4-14(3)12(16)10-13-11-6-8-15(5-2)9-7-11/h11,13H,4-10H2,1-3H3. The van der Waals surface area contributed by atoms with Crippen LogP contribution < -0.4 is 5.32 Å². The second kappa shape index (κ2) is 6.86. The van der Waals surface area contributed by atoms with Crippen molar-refractivity contribution in [3.63, 3.8) is 0 Å². The summed E-state index contributed by atoms with van der Waals surface area (Å²) in [5.41, 5.74) is 0. The van der Waals surface area contributed by atoms with Crippen molar-refractivity contribution in [2.45, 2.75) is 32.7 Å². The third-order valence-corrected chi connectivity index (χ3v) is 3.48. The second-order valence-corrected chi connectivity index (χ2v) is 4.50. The molecule has 1 fully saturated rings. The Bertz CT molecular complexity index is 212. The maximum atomic E-state index is 11.6. The SMILES string of the molecule is CCN1CCC(NCC(=O)N(C)CC)CC1. The molecule has 0 radical (unpaired) electrons. The molecule has 4 heteroatoms. The summed E-state index contributed by atoms with van der Waals surface area (Å²) in [7, 11) is 1.85. The first-order valence-electron chi connectivity index (χ1n) is 6.37. The molecule has 0 aromatic carbocycles. The number of carbonyl (C=O) groups is 1. The second-order valence-electron chi connectivity index (χ2n) is 4.50. The molecule has 0 aromatic rings. The molecule has 1 amide bonds. The predicted molar refractivity (Wildman–Crippen MR) is 66.4 cm³/mol. The highest BCUT2D eigenvalue weighted by atomic mass is 16.2. The van der Waals surface area contributed by atoms with Crippen LogP contribution in [0.4, 0.5) is 0 Å². The predicted octanol–water partition coefficient (Wildman–Crippen LogP) is 0.539. The van der Waals surface area contributed by atoms with Crippen LogP contribution in [0.1, 0.15) is 26.7 Å². The van der Waals surface area contributed by atoms with E-state index in [4.69, 9.17) is 0 Å². The number of carbonyl (C=O) groups excluding carboxylic acids is 1. The van der Waals surface area contributed by atoms with Crippen LogP contribution in [-0.4, -0.2) is 61.5 Å². The molecular formula is C12H25N3O. The summed E-state index contributed by atoms with van der Waals surface area (Å²) in [5.74, 6) is 0.195. The van der Waals surface area contributed by atoms with Crippen molar-refractivity contribution in [2.24, 2.45) is 0 Å². The molecule has 0 unspecified atom stereocenters. The molecule has 4 nitrogen and oxygen atoms in total. The molecule has 94 valence electrons. The van der Waals surface area contributed by atoms with Crippen LogP contribution in [0.5, 0.6) is 0 Å². The summed E-state index contributed by atoms with van der Waals surface area (Å²) in [6.45, 7) is 8.93. The van der Waals surface area contributed by atoms with Crippen molar-refractivity contribution in [2.75, 3.05) is 39.8 Å². The summed E-state index contributed by atoms with van der Waals surface area (Å²) < 4.78 is 0. The Kier molecular flexibility index (Phi) is 5.77. The fraction of sp³-hybridized carbons (Fsp3) is 0.917. The highest BCUT2D eigenvalue weighted by molar-refractivity contribution is 5.77. The van der Waals surface area contributed by atoms with Gasteiger partial charge in [-0.3, -0.25) is 4.79 Å². The van der Waals surface area contributed by atoms with E-state index in [1.807, 2.05) is 14.0 Å². The molecule has 1 N–H and O–H groups in total. The highest BCUT2D eigenvalue weighted by Crippen LogP contribution is 2.09. The number of nitrogens with zero attached hydrogens (tertiary/aromatic N) is 2. The van der Waals surface area contributed by atoms with E-state index in [9.17, 15) is 4.79 Å². The van der Waals surface area contributed by atoms with Crippen molar-refractivity contribution in [3.8, 4) is 0 Å². The molecular weight excluding hydrogens is 202 g/mol. The number of hydrogen-bond acceptors (Lipinski definition) is 3. The van der Waals surface area contributed by atoms with Crippen LogP contribution in [-0.2, 0) is 4.79 Å². The van der Waals surface area contributed by atoms with Crippen molar-refractivity contribution < 1.29 is 4.79 Å². The number of likely N-dealkylation sites (N-methyl/N-ethyl adjacent to an activating group) is 1. The Balaban J connectivity index is 2.17. The molecule has 0 spiro atoms. The molecule has 16 heavy (non-hydrogen) atoms. The van der Waals surface area contributed by atoms with Gasteiger partial charge in [0.05, 0.1) is 6.54 Å². The molecule has 0 saturated carbocycles. The first-order chi connectivity index (χ1) is 7.67. The van der Waals surface area contributed by atoms with E-state index in [2.05, 4.69) is 17.1 Å². The minimum Gasteiger partial charge on any atom is -0.345 e. The molecule has 1 aliphatic heterocycles. The fourth-order valence-electron chi connectivity index (χ4n) is 2.00. The highest BCUT2D eigenvalue weighted by Gasteiger charge is 2.18. The lowest BCUT2D eigenvalue weighted by Gasteiger charge is -2.31. The third-order valence-electron chi connectivity index (χ3n) is 3.48. The van der Waals surface area contributed by atoms with Crippen LogP contribution in [0.25, 0.3) is 0 Å². The number of nitrogens with one attached hydrogen (secondary N) is 1. The number of likely N-dealkylation sites (tertiary alicyclic amines) is 1. The van der Waals surface area contributed by atoms with Crippen LogP contribution >= 0.6 is 0 Å². The van der Waals surface area contributed by atoms with Crippen LogP contribution in [0, 0.1) is 0 Å². The Morgan fingerprint density at radius 2 is 2.00 bits per heavy atom. The Morgan fingerprint density at radius 1 is 1.38 bits per heavy atom. The van der Waals surface area contributed by atoms with Gasteiger partial charge in [0, 0.05) is 19.6 Å².